The van der Waals surface area contributed by atoms with Gasteiger partial charge in [-0.1, -0.05) is 213 Å². The molecule has 2 aliphatic carbocycles. The van der Waals surface area contributed by atoms with Crippen LogP contribution in [0.15, 0.2) is 206 Å². The van der Waals surface area contributed by atoms with Gasteiger partial charge >= 0.3 is 0 Å². The van der Waals surface area contributed by atoms with Crippen LogP contribution in [0.4, 0.5) is 0 Å². The molecule has 4 nitrogen and oxygen atoms in total. The molecule has 67 heavy (non-hydrogen) atoms. The Kier molecular flexibility index (Phi) is 10.2. The van der Waals surface area contributed by atoms with Gasteiger partial charge in [-0.15, -0.1) is 0 Å². The molecule has 0 N–H and O–H groups in total. The molecule has 9 aromatic carbocycles. The van der Waals surface area contributed by atoms with Crippen molar-refractivity contribution in [3.8, 4) is 67.5 Å². The monoisotopic (exact) mass is 883 g/mol. The summed E-state index contributed by atoms with van der Waals surface area (Å²) in [4.78, 5) is 15.4. The maximum Gasteiger partial charge on any atom is 0.164 e. The lowest BCUT2D eigenvalue weighted by molar-refractivity contribution is 0.320. The molecule has 2 aliphatic rings. The number of rotatable bonds is 9. The maximum absolute atomic E-state index is 12.9. The minimum Gasteiger partial charge on any atom is -0.319 e. The van der Waals surface area contributed by atoms with Gasteiger partial charge in [0.2, 0.25) is 0 Å². The van der Waals surface area contributed by atoms with Crippen molar-refractivity contribution in [1.82, 2.24) is 15.0 Å². The molecule has 0 saturated heterocycles. The van der Waals surface area contributed by atoms with Crippen LogP contribution in [0.1, 0.15) is 36.8 Å². The van der Waals surface area contributed by atoms with E-state index in [0.29, 0.717) is 23.4 Å². The molecule has 0 amide bonds. The Labute approximate surface area is 392 Å². The Hall–Kier alpha value is -7.26. The van der Waals surface area contributed by atoms with Crippen LogP contribution in [0.25, 0.3) is 89.1 Å². The second-order valence-electron chi connectivity index (χ2n) is 19.0. The van der Waals surface area contributed by atoms with Crippen molar-refractivity contribution in [2.24, 2.45) is 11.8 Å². The summed E-state index contributed by atoms with van der Waals surface area (Å²) >= 11 is 0. The first-order valence-electron chi connectivity index (χ1n) is 23.6. The number of nitrogens with zero attached hydrogens (tertiary/aromatic N) is 3. The highest BCUT2D eigenvalue weighted by Crippen LogP contribution is 2.60. The lowest BCUT2D eigenvalue weighted by atomic mass is 9.64. The molecule has 0 aliphatic heterocycles. The van der Waals surface area contributed by atoms with Crippen LogP contribution in [-0.2, 0) is 9.98 Å². The standard InChI is InChI=1S/C62H50N3OP/c1-67(2,66)50-37-30-44(31-38-50)58-54-22-12-10-20-52(54)57(53-21-11-13-23-55(53)58)43-26-33-47(34-27-43)62(40-41-25-32-49(62)39-41)48-35-28-46(29-36-48)60-63-59(45-17-7-4-8-18-45)64-61(65-60)56-24-14-9-19-51(56)42-15-5-3-6-16-42/h3-24,26-31,33-38,41,49H,25,32,39-40H2,1-2H3. The lowest BCUT2D eigenvalue weighted by Gasteiger charge is -2.39. The van der Waals surface area contributed by atoms with E-state index < -0.39 is 7.14 Å². The van der Waals surface area contributed by atoms with Gasteiger partial charge in [0.1, 0.15) is 7.14 Å². The molecule has 2 fully saturated rings. The molecule has 5 heteroatoms. The van der Waals surface area contributed by atoms with Gasteiger partial charge in [0, 0.05) is 27.4 Å². The Bertz CT molecular complexity index is 3450. The summed E-state index contributed by atoms with van der Waals surface area (Å²) in [5, 5.41) is 5.80. The van der Waals surface area contributed by atoms with Gasteiger partial charge in [0.15, 0.2) is 17.5 Å². The van der Waals surface area contributed by atoms with Gasteiger partial charge in [-0.3, -0.25) is 0 Å². The maximum atomic E-state index is 12.9. The fourth-order valence-corrected chi connectivity index (χ4v) is 12.5. The zero-order chi connectivity index (χ0) is 45.1. The topological polar surface area (TPSA) is 55.7 Å². The Morgan fingerprint density at radius 2 is 0.836 bits per heavy atom. The SMILES string of the molecule is CP(C)(=O)c1ccc(-c2c3ccccc3c(-c3ccc(C4(c5ccc(-c6nc(-c7ccccc7)nc(-c7ccccc7-c7ccccc7)n6)cc5)CC5CCC4C5)cc3)c3ccccc23)cc1. The van der Waals surface area contributed by atoms with Gasteiger partial charge in [-0.05, 0) is 110 Å². The molecule has 2 saturated carbocycles. The summed E-state index contributed by atoms with van der Waals surface area (Å²) in [6.07, 6.45) is 4.99. The summed E-state index contributed by atoms with van der Waals surface area (Å²) in [5.74, 6) is 3.29. The lowest BCUT2D eigenvalue weighted by Crippen LogP contribution is -2.34. The summed E-state index contributed by atoms with van der Waals surface area (Å²) in [6, 6.07) is 74.0. The van der Waals surface area contributed by atoms with E-state index in [2.05, 4.69) is 170 Å². The highest BCUT2D eigenvalue weighted by molar-refractivity contribution is 7.70. The van der Waals surface area contributed by atoms with Crippen LogP contribution >= 0.6 is 7.14 Å². The van der Waals surface area contributed by atoms with E-state index in [1.807, 2.05) is 49.7 Å². The molecule has 2 bridgehead atoms. The van der Waals surface area contributed by atoms with Crippen molar-refractivity contribution in [1.29, 1.82) is 0 Å². The third kappa shape index (κ3) is 7.23. The zero-order valence-corrected chi connectivity index (χ0v) is 38.7. The normalized spacial score (nSPS) is 17.9. The molecule has 10 aromatic rings. The van der Waals surface area contributed by atoms with E-state index in [1.165, 1.54) is 68.6 Å². The third-order valence-corrected chi connectivity index (χ3v) is 16.4. The van der Waals surface area contributed by atoms with Crippen LogP contribution in [0.2, 0.25) is 0 Å². The third-order valence-electron chi connectivity index (χ3n) is 14.8. The molecule has 12 rings (SSSR count). The van der Waals surface area contributed by atoms with Crippen LogP contribution in [0.5, 0.6) is 0 Å². The van der Waals surface area contributed by atoms with Crippen LogP contribution in [-0.4, -0.2) is 28.3 Å². The van der Waals surface area contributed by atoms with E-state index in [-0.39, 0.29) is 5.41 Å². The summed E-state index contributed by atoms with van der Waals surface area (Å²) in [6.45, 7) is 3.68. The van der Waals surface area contributed by atoms with E-state index >= 15 is 0 Å². The van der Waals surface area contributed by atoms with Gasteiger partial charge in [-0.25, -0.2) is 15.0 Å². The van der Waals surface area contributed by atoms with Crippen molar-refractivity contribution in [3.05, 3.63) is 217 Å². The second-order valence-corrected chi connectivity index (χ2v) is 22.2. The Morgan fingerprint density at radius 1 is 0.418 bits per heavy atom. The van der Waals surface area contributed by atoms with Crippen molar-refractivity contribution < 1.29 is 4.57 Å². The van der Waals surface area contributed by atoms with Gasteiger partial charge in [-0.2, -0.15) is 0 Å². The Balaban J connectivity index is 0.940. The fraction of sp³-hybridized carbons (Fsp3) is 0.145. The van der Waals surface area contributed by atoms with Gasteiger partial charge in [0.25, 0.3) is 0 Å². The molecule has 1 heterocycles. The number of hydrogen-bond donors (Lipinski definition) is 0. The Morgan fingerprint density at radius 3 is 1.31 bits per heavy atom. The number of aromatic nitrogens is 3. The van der Waals surface area contributed by atoms with E-state index in [1.54, 1.807) is 0 Å². The van der Waals surface area contributed by atoms with Crippen LogP contribution < -0.4 is 5.30 Å². The predicted molar refractivity (Wildman–Crippen MR) is 279 cm³/mol. The van der Waals surface area contributed by atoms with Crippen molar-refractivity contribution in [3.63, 3.8) is 0 Å². The minimum absolute atomic E-state index is 0.0742. The second kappa shape index (κ2) is 16.6. The van der Waals surface area contributed by atoms with E-state index in [0.717, 1.165) is 51.0 Å². The van der Waals surface area contributed by atoms with Crippen molar-refractivity contribution in [2.75, 3.05) is 13.3 Å². The van der Waals surface area contributed by atoms with Crippen molar-refractivity contribution in [2.45, 2.75) is 31.1 Å². The quantitative estimate of drug-likeness (QED) is 0.107. The highest BCUT2D eigenvalue weighted by Gasteiger charge is 2.52. The largest absolute Gasteiger partial charge is 0.319 e. The summed E-state index contributed by atoms with van der Waals surface area (Å²) in [7, 11) is -2.37. The molecule has 3 unspecified atom stereocenters. The van der Waals surface area contributed by atoms with Gasteiger partial charge in [0.05, 0.1) is 0 Å². The molecule has 0 radical (unpaired) electrons. The van der Waals surface area contributed by atoms with Crippen molar-refractivity contribution >= 4 is 34.0 Å². The number of benzene rings is 9. The summed E-state index contributed by atoms with van der Waals surface area (Å²) in [5.41, 5.74) is 12.6. The number of fused-ring (bicyclic) bond motifs is 4. The van der Waals surface area contributed by atoms with Gasteiger partial charge < -0.3 is 4.57 Å². The minimum atomic E-state index is -2.37. The van der Waals surface area contributed by atoms with E-state index in [4.69, 9.17) is 15.0 Å². The molecule has 3 atom stereocenters. The first kappa shape index (κ1) is 41.2. The number of hydrogen-bond acceptors (Lipinski definition) is 4. The molecular formula is C62H50N3OP. The smallest absolute Gasteiger partial charge is 0.164 e. The first-order valence-corrected chi connectivity index (χ1v) is 26.2. The molecular weight excluding hydrogens is 834 g/mol. The van der Waals surface area contributed by atoms with E-state index in [9.17, 15) is 4.57 Å². The average molecular weight is 884 g/mol. The molecule has 0 spiro atoms. The zero-order valence-electron chi connectivity index (χ0n) is 37.8. The van der Waals surface area contributed by atoms with Crippen LogP contribution in [0.3, 0.4) is 0 Å². The van der Waals surface area contributed by atoms with Crippen LogP contribution in [0, 0.1) is 11.8 Å². The average Bonchev–Trinajstić information content (AvgIpc) is 4.02. The fourth-order valence-electron chi connectivity index (χ4n) is 11.7. The predicted octanol–water partition coefficient (Wildman–Crippen LogP) is 15.5. The molecule has 1 aromatic heterocycles. The molecule has 324 valence electrons. The first-order chi connectivity index (χ1) is 32.8. The highest BCUT2D eigenvalue weighted by atomic mass is 31.2. The summed E-state index contributed by atoms with van der Waals surface area (Å²) < 4.78 is 12.9.